The Hall–Kier alpha value is -0.110. The summed E-state index contributed by atoms with van der Waals surface area (Å²) in [6, 6.07) is 3.68. The van der Waals surface area contributed by atoms with Crippen molar-refractivity contribution < 1.29 is 4.74 Å². The van der Waals surface area contributed by atoms with Crippen molar-refractivity contribution in [2.24, 2.45) is 17.8 Å². The van der Waals surface area contributed by atoms with Crippen LogP contribution in [-0.4, -0.2) is 6.61 Å². The molecule has 20 heavy (non-hydrogen) atoms. The van der Waals surface area contributed by atoms with Crippen LogP contribution in [0.1, 0.15) is 43.5 Å². The highest BCUT2D eigenvalue weighted by atomic mass is 35.5. The van der Waals surface area contributed by atoms with Gasteiger partial charge in [-0.15, -0.1) is 11.6 Å². The summed E-state index contributed by atoms with van der Waals surface area (Å²) >= 11 is 19.3. The molecule has 2 aliphatic carbocycles. The average Bonchev–Trinajstić information content (AvgIpc) is 3.16. The van der Waals surface area contributed by atoms with Gasteiger partial charge in [0.05, 0.1) is 17.0 Å². The quantitative estimate of drug-likeness (QED) is 0.604. The average molecular weight is 334 g/mol. The van der Waals surface area contributed by atoms with Crippen molar-refractivity contribution in [1.29, 1.82) is 0 Å². The van der Waals surface area contributed by atoms with Gasteiger partial charge in [-0.25, -0.2) is 0 Å². The molecule has 3 unspecified atom stereocenters. The first-order chi connectivity index (χ1) is 9.63. The van der Waals surface area contributed by atoms with Crippen LogP contribution in [0.3, 0.4) is 0 Å². The predicted octanol–water partition coefficient (Wildman–Crippen LogP) is 6.11. The third kappa shape index (κ3) is 2.65. The first kappa shape index (κ1) is 14.8. The van der Waals surface area contributed by atoms with Crippen LogP contribution < -0.4 is 4.74 Å². The number of alkyl halides is 1. The molecule has 1 aromatic carbocycles. The molecule has 2 saturated carbocycles. The summed E-state index contributed by atoms with van der Waals surface area (Å²) in [6.45, 7) is 2.50. The molecule has 3 atom stereocenters. The van der Waals surface area contributed by atoms with E-state index in [0.717, 1.165) is 17.4 Å². The van der Waals surface area contributed by atoms with Crippen LogP contribution in [0.4, 0.5) is 0 Å². The van der Waals surface area contributed by atoms with E-state index in [2.05, 4.69) is 0 Å². The molecule has 0 radical (unpaired) electrons. The third-order valence-electron chi connectivity index (χ3n) is 4.71. The fraction of sp³-hybridized carbons (Fsp3) is 0.625. The molecule has 2 aliphatic rings. The standard InChI is InChI=1S/C16H19Cl3O/c1-2-20-14-8-12(17)11(7-13(14)18)16(19)15-9-5-3-4-6-10(9)15/h7-10,15-16H,2-6H2,1H3. The van der Waals surface area contributed by atoms with E-state index in [-0.39, 0.29) is 5.38 Å². The number of fused-ring (bicyclic) bond motifs is 1. The Balaban J connectivity index is 1.81. The van der Waals surface area contributed by atoms with Crippen molar-refractivity contribution >= 4 is 34.8 Å². The lowest BCUT2D eigenvalue weighted by Crippen LogP contribution is -1.99. The Morgan fingerprint density at radius 1 is 1.15 bits per heavy atom. The molecule has 0 bridgehead atoms. The van der Waals surface area contributed by atoms with Crippen molar-refractivity contribution in [1.82, 2.24) is 0 Å². The maximum absolute atomic E-state index is 6.70. The zero-order valence-electron chi connectivity index (χ0n) is 11.5. The van der Waals surface area contributed by atoms with E-state index < -0.39 is 0 Å². The lowest BCUT2D eigenvalue weighted by Gasteiger charge is -2.15. The van der Waals surface area contributed by atoms with Crippen molar-refractivity contribution in [3.05, 3.63) is 27.7 Å². The number of hydrogen-bond acceptors (Lipinski definition) is 1. The summed E-state index contributed by atoms with van der Waals surface area (Å²) in [7, 11) is 0. The Labute approximate surface area is 135 Å². The van der Waals surface area contributed by atoms with E-state index in [1.165, 1.54) is 25.7 Å². The van der Waals surface area contributed by atoms with Gasteiger partial charge in [-0.2, -0.15) is 0 Å². The summed E-state index contributed by atoms with van der Waals surface area (Å²) in [5.74, 6) is 2.81. The Kier molecular flexibility index (Phi) is 4.40. The molecule has 3 rings (SSSR count). The summed E-state index contributed by atoms with van der Waals surface area (Å²) in [6.07, 6.45) is 5.33. The van der Waals surface area contributed by atoms with Crippen molar-refractivity contribution in [2.45, 2.75) is 38.0 Å². The summed E-state index contributed by atoms with van der Waals surface area (Å²) in [4.78, 5) is 0. The molecule has 1 nitrogen and oxygen atoms in total. The van der Waals surface area contributed by atoms with Crippen molar-refractivity contribution in [3.63, 3.8) is 0 Å². The molecule has 0 amide bonds. The number of hydrogen-bond donors (Lipinski definition) is 0. The maximum atomic E-state index is 6.70. The minimum atomic E-state index is -0.0243. The first-order valence-corrected chi connectivity index (χ1v) is 8.58. The first-order valence-electron chi connectivity index (χ1n) is 7.39. The minimum Gasteiger partial charge on any atom is -0.492 e. The molecular weight excluding hydrogens is 315 g/mol. The van der Waals surface area contributed by atoms with Gasteiger partial charge in [0.15, 0.2) is 0 Å². The van der Waals surface area contributed by atoms with Crippen LogP contribution in [0.2, 0.25) is 10.0 Å². The molecule has 110 valence electrons. The zero-order chi connectivity index (χ0) is 14.3. The molecule has 0 aromatic heterocycles. The van der Waals surface area contributed by atoms with Gasteiger partial charge in [0.2, 0.25) is 0 Å². The van der Waals surface area contributed by atoms with E-state index in [0.29, 0.717) is 28.3 Å². The monoisotopic (exact) mass is 332 g/mol. The van der Waals surface area contributed by atoms with E-state index in [1.54, 1.807) is 6.07 Å². The van der Waals surface area contributed by atoms with Gasteiger partial charge in [-0.1, -0.05) is 36.0 Å². The Bertz CT molecular complexity index is 491. The van der Waals surface area contributed by atoms with Crippen LogP contribution in [0.25, 0.3) is 0 Å². The van der Waals surface area contributed by atoms with Gasteiger partial charge in [0.25, 0.3) is 0 Å². The largest absolute Gasteiger partial charge is 0.492 e. The molecular formula is C16H19Cl3O. The van der Waals surface area contributed by atoms with E-state index >= 15 is 0 Å². The molecule has 0 saturated heterocycles. The van der Waals surface area contributed by atoms with Crippen LogP contribution in [0.5, 0.6) is 5.75 Å². The van der Waals surface area contributed by atoms with Crippen LogP contribution >= 0.6 is 34.8 Å². The molecule has 1 aromatic rings. The van der Waals surface area contributed by atoms with Crippen LogP contribution in [-0.2, 0) is 0 Å². The zero-order valence-corrected chi connectivity index (χ0v) is 13.8. The number of ether oxygens (including phenoxy) is 1. The third-order valence-corrected chi connectivity index (χ3v) is 5.86. The number of halogens is 3. The van der Waals surface area contributed by atoms with E-state index in [4.69, 9.17) is 39.5 Å². The smallest absolute Gasteiger partial charge is 0.139 e. The van der Waals surface area contributed by atoms with Gasteiger partial charge < -0.3 is 4.74 Å². The fourth-order valence-electron chi connectivity index (χ4n) is 3.71. The molecule has 0 N–H and O–H groups in total. The van der Waals surface area contributed by atoms with Gasteiger partial charge in [0, 0.05) is 11.1 Å². The van der Waals surface area contributed by atoms with Crippen molar-refractivity contribution in [2.75, 3.05) is 6.61 Å². The molecule has 0 aliphatic heterocycles. The molecule has 2 fully saturated rings. The lowest BCUT2D eigenvalue weighted by molar-refractivity contribution is 0.340. The van der Waals surface area contributed by atoms with E-state index in [9.17, 15) is 0 Å². The second kappa shape index (κ2) is 5.94. The fourth-order valence-corrected chi connectivity index (χ4v) is 4.82. The Morgan fingerprint density at radius 2 is 1.80 bits per heavy atom. The van der Waals surface area contributed by atoms with E-state index in [1.807, 2.05) is 13.0 Å². The van der Waals surface area contributed by atoms with Crippen molar-refractivity contribution in [3.8, 4) is 5.75 Å². The molecule has 0 heterocycles. The molecule has 4 heteroatoms. The van der Waals surface area contributed by atoms with Crippen LogP contribution in [0, 0.1) is 17.8 Å². The predicted molar refractivity (Wildman–Crippen MR) is 85.2 cm³/mol. The highest BCUT2D eigenvalue weighted by molar-refractivity contribution is 6.35. The summed E-state index contributed by atoms with van der Waals surface area (Å²) < 4.78 is 5.46. The lowest BCUT2D eigenvalue weighted by atomic mass is 10.0. The Morgan fingerprint density at radius 3 is 2.40 bits per heavy atom. The number of rotatable bonds is 4. The highest BCUT2D eigenvalue weighted by Gasteiger charge is 2.54. The summed E-state index contributed by atoms with van der Waals surface area (Å²) in [5.41, 5.74) is 0.959. The maximum Gasteiger partial charge on any atom is 0.139 e. The topological polar surface area (TPSA) is 9.23 Å². The minimum absolute atomic E-state index is 0.0243. The number of benzene rings is 1. The second-order valence-corrected chi connectivity index (χ2v) is 7.11. The SMILES string of the molecule is CCOc1cc(Cl)c(C(Cl)C2C3CCCCC32)cc1Cl. The molecule has 0 spiro atoms. The van der Waals surface area contributed by atoms with Gasteiger partial charge in [-0.05, 0) is 49.1 Å². The normalized spacial score (nSPS) is 29.7. The van der Waals surface area contributed by atoms with Gasteiger partial charge in [0.1, 0.15) is 5.75 Å². The second-order valence-electron chi connectivity index (χ2n) is 5.83. The van der Waals surface area contributed by atoms with Crippen LogP contribution in [0.15, 0.2) is 12.1 Å². The summed E-state index contributed by atoms with van der Waals surface area (Å²) in [5, 5.41) is 1.24. The highest BCUT2D eigenvalue weighted by Crippen LogP contribution is 2.62. The van der Waals surface area contributed by atoms with Gasteiger partial charge in [-0.3, -0.25) is 0 Å². The van der Waals surface area contributed by atoms with Gasteiger partial charge >= 0.3 is 0 Å².